The van der Waals surface area contributed by atoms with Crippen LogP contribution in [0.5, 0.6) is 0 Å². The molecule has 0 saturated carbocycles. The fourth-order valence-corrected chi connectivity index (χ4v) is 2.38. The van der Waals surface area contributed by atoms with E-state index in [0.717, 1.165) is 16.9 Å². The number of aryl methyl sites for hydroxylation is 1. The van der Waals surface area contributed by atoms with Crippen LogP contribution in [0.1, 0.15) is 16.2 Å². The average Bonchev–Trinajstić information content (AvgIpc) is 3.21. The quantitative estimate of drug-likeness (QED) is 0.627. The molecule has 7 heteroatoms. The highest BCUT2D eigenvalue weighted by Crippen LogP contribution is 2.20. The average molecular weight is 319 g/mol. The molecule has 0 aliphatic heterocycles. The molecule has 4 rings (SSSR count). The van der Waals surface area contributed by atoms with Gasteiger partial charge in [0.05, 0.1) is 23.8 Å². The van der Waals surface area contributed by atoms with E-state index in [0.29, 0.717) is 11.4 Å². The van der Waals surface area contributed by atoms with Crippen LogP contribution in [-0.4, -0.2) is 25.7 Å². The molecule has 1 aromatic carbocycles. The van der Waals surface area contributed by atoms with Crippen molar-refractivity contribution >= 4 is 17.2 Å². The zero-order chi connectivity index (χ0) is 16.5. The van der Waals surface area contributed by atoms with Crippen LogP contribution in [0.15, 0.2) is 59.4 Å². The second-order valence-electron chi connectivity index (χ2n) is 5.33. The highest BCUT2D eigenvalue weighted by atomic mass is 16.5. The van der Waals surface area contributed by atoms with Crippen molar-refractivity contribution in [1.82, 2.24) is 19.8 Å². The minimum atomic E-state index is -0.369. The van der Waals surface area contributed by atoms with Crippen molar-refractivity contribution in [1.29, 1.82) is 0 Å². The summed E-state index contributed by atoms with van der Waals surface area (Å²) in [6.45, 7) is 1.88. The number of carbonyl (C=O) groups excluding carboxylic acids is 1. The Bertz CT molecular complexity index is 1020. The molecule has 0 saturated heterocycles. The van der Waals surface area contributed by atoms with Gasteiger partial charge < -0.3 is 9.84 Å². The molecule has 24 heavy (non-hydrogen) atoms. The molecule has 0 radical (unpaired) electrons. The lowest BCUT2D eigenvalue weighted by Gasteiger charge is -2.02. The molecule has 1 N–H and O–H groups in total. The summed E-state index contributed by atoms with van der Waals surface area (Å²) in [5, 5.41) is 10.8. The Morgan fingerprint density at radius 1 is 1.21 bits per heavy atom. The van der Waals surface area contributed by atoms with Gasteiger partial charge in [0.2, 0.25) is 0 Å². The van der Waals surface area contributed by atoms with Gasteiger partial charge in [-0.25, -0.2) is 9.50 Å². The first kappa shape index (κ1) is 14.1. The van der Waals surface area contributed by atoms with Gasteiger partial charge in [0, 0.05) is 17.7 Å². The lowest BCUT2D eigenvalue weighted by Crippen LogP contribution is -2.13. The van der Waals surface area contributed by atoms with E-state index in [2.05, 4.69) is 20.6 Å². The van der Waals surface area contributed by atoms with Gasteiger partial charge in [0.1, 0.15) is 0 Å². The molecular formula is C17H13N5O2. The molecule has 1 amide bonds. The summed E-state index contributed by atoms with van der Waals surface area (Å²) in [7, 11) is 0. The number of aromatic nitrogens is 4. The maximum atomic E-state index is 12.3. The van der Waals surface area contributed by atoms with Crippen molar-refractivity contribution in [3.05, 3.63) is 66.2 Å². The van der Waals surface area contributed by atoms with Gasteiger partial charge in [-0.3, -0.25) is 4.79 Å². The van der Waals surface area contributed by atoms with Gasteiger partial charge in [0.15, 0.2) is 17.1 Å². The maximum Gasteiger partial charge on any atom is 0.277 e. The number of hydrogen-bond acceptors (Lipinski definition) is 5. The molecule has 4 aromatic rings. The van der Waals surface area contributed by atoms with Crippen molar-refractivity contribution in [2.45, 2.75) is 6.92 Å². The van der Waals surface area contributed by atoms with Gasteiger partial charge in [0.25, 0.3) is 5.91 Å². The standard InChI is InChI=1S/C17H13N5O2/c1-11-7-16-18-9-13(10-22(16)20-11)19-17(23)14-8-15(24-21-14)12-5-3-2-4-6-12/h2-10H,1H3,(H,19,23). The summed E-state index contributed by atoms with van der Waals surface area (Å²) >= 11 is 0. The Labute approximate surface area is 136 Å². The summed E-state index contributed by atoms with van der Waals surface area (Å²) < 4.78 is 6.85. The molecule has 0 aliphatic rings. The number of nitrogens with zero attached hydrogens (tertiary/aromatic N) is 4. The van der Waals surface area contributed by atoms with E-state index >= 15 is 0 Å². The van der Waals surface area contributed by atoms with Crippen LogP contribution in [0.3, 0.4) is 0 Å². The first-order chi connectivity index (χ1) is 11.7. The smallest absolute Gasteiger partial charge is 0.277 e. The largest absolute Gasteiger partial charge is 0.355 e. The summed E-state index contributed by atoms with van der Waals surface area (Å²) in [6.07, 6.45) is 3.28. The summed E-state index contributed by atoms with van der Waals surface area (Å²) in [4.78, 5) is 16.6. The minimum absolute atomic E-state index is 0.200. The highest BCUT2D eigenvalue weighted by molar-refractivity contribution is 6.03. The summed E-state index contributed by atoms with van der Waals surface area (Å²) in [5.74, 6) is 0.169. The third-order valence-electron chi connectivity index (χ3n) is 3.49. The third-order valence-corrected chi connectivity index (χ3v) is 3.49. The molecule has 0 spiro atoms. The van der Waals surface area contributed by atoms with E-state index in [1.165, 1.54) is 0 Å². The predicted octanol–water partition coefficient (Wildman–Crippen LogP) is 2.95. The number of fused-ring (bicyclic) bond motifs is 1. The molecule has 0 aliphatic carbocycles. The Hall–Kier alpha value is -3.48. The van der Waals surface area contributed by atoms with Crippen molar-refractivity contribution in [2.75, 3.05) is 5.32 Å². The molecule has 0 unspecified atom stereocenters. The Morgan fingerprint density at radius 2 is 2.04 bits per heavy atom. The van der Waals surface area contributed by atoms with E-state index in [9.17, 15) is 4.79 Å². The monoisotopic (exact) mass is 319 g/mol. The number of amides is 1. The first-order valence-electron chi connectivity index (χ1n) is 7.34. The number of anilines is 1. The third kappa shape index (κ3) is 2.63. The van der Waals surface area contributed by atoms with Crippen LogP contribution in [0.4, 0.5) is 5.69 Å². The fourth-order valence-electron chi connectivity index (χ4n) is 2.38. The molecular weight excluding hydrogens is 306 g/mol. The minimum Gasteiger partial charge on any atom is -0.355 e. The van der Waals surface area contributed by atoms with Gasteiger partial charge >= 0.3 is 0 Å². The number of carbonyl (C=O) groups is 1. The van der Waals surface area contributed by atoms with Crippen molar-refractivity contribution in [2.24, 2.45) is 0 Å². The maximum absolute atomic E-state index is 12.3. The van der Waals surface area contributed by atoms with Gasteiger partial charge in [-0.15, -0.1) is 0 Å². The Kier molecular flexibility index (Phi) is 3.31. The Balaban J connectivity index is 1.56. The van der Waals surface area contributed by atoms with Crippen molar-refractivity contribution in [3.8, 4) is 11.3 Å². The normalized spacial score (nSPS) is 10.9. The van der Waals surface area contributed by atoms with E-state index in [1.54, 1.807) is 23.0 Å². The lowest BCUT2D eigenvalue weighted by atomic mass is 10.1. The second-order valence-corrected chi connectivity index (χ2v) is 5.33. The van der Waals surface area contributed by atoms with Crippen LogP contribution >= 0.6 is 0 Å². The number of hydrogen-bond donors (Lipinski definition) is 1. The van der Waals surface area contributed by atoms with Crippen LogP contribution in [0.2, 0.25) is 0 Å². The van der Waals surface area contributed by atoms with Crippen molar-refractivity contribution < 1.29 is 9.32 Å². The SMILES string of the molecule is Cc1cc2ncc(NC(=O)c3cc(-c4ccccc4)on3)cn2n1. The first-order valence-corrected chi connectivity index (χ1v) is 7.34. The van der Waals surface area contributed by atoms with E-state index in [-0.39, 0.29) is 11.6 Å². The highest BCUT2D eigenvalue weighted by Gasteiger charge is 2.14. The van der Waals surface area contributed by atoms with Gasteiger partial charge in [-0.2, -0.15) is 5.10 Å². The number of nitrogens with one attached hydrogen (secondary N) is 1. The van der Waals surface area contributed by atoms with Crippen LogP contribution < -0.4 is 5.32 Å². The molecule has 0 bridgehead atoms. The molecule has 0 atom stereocenters. The zero-order valence-electron chi connectivity index (χ0n) is 12.8. The summed E-state index contributed by atoms with van der Waals surface area (Å²) in [5.41, 5.74) is 3.16. The molecule has 3 aromatic heterocycles. The van der Waals surface area contributed by atoms with Gasteiger partial charge in [-0.05, 0) is 6.92 Å². The lowest BCUT2D eigenvalue weighted by molar-refractivity contribution is 0.101. The van der Waals surface area contributed by atoms with Crippen LogP contribution in [-0.2, 0) is 0 Å². The van der Waals surface area contributed by atoms with Gasteiger partial charge in [-0.1, -0.05) is 35.5 Å². The zero-order valence-corrected chi connectivity index (χ0v) is 12.8. The molecule has 7 nitrogen and oxygen atoms in total. The van der Waals surface area contributed by atoms with Crippen molar-refractivity contribution in [3.63, 3.8) is 0 Å². The van der Waals surface area contributed by atoms with Crippen LogP contribution in [0.25, 0.3) is 17.0 Å². The van der Waals surface area contributed by atoms with E-state index in [4.69, 9.17) is 4.52 Å². The molecule has 3 heterocycles. The Morgan fingerprint density at radius 3 is 2.88 bits per heavy atom. The fraction of sp³-hybridized carbons (Fsp3) is 0.0588. The number of benzene rings is 1. The summed E-state index contributed by atoms with van der Waals surface area (Å²) in [6, 6.07) is 12.9. The van der Waals surface area contributed by atoms with E-state index in [1.807, 2.05) is 43.3 Å². The molecule has 118 valence electrons. The van der Waals surface area contributed by atoms with Crippen LogP contribution in [0, 0.1) is 6.92 Å². The van der Waals surface area contributed by atoms with E-state index < -0.39 is 0 Å². The second kappa shape index (κ2) is 5.62. The predicted molar refractivity (Wildman–Crippen MR) is 87.6 cm³/mol. The molecule has 0 fully saturated rings. The topological polar surface area (TPSA) is 85.3 Å². The number of rotatable bonds is 3.